The summed E-state index contributed by atoms with van der Waals surface area (Å²) in [4.78, 5) is 9.26. The number of anilines is 4. The first kappa shape index (κ1) is 25.2. The van der Waals surface area contributed by atoms with Crippen LogP contribution in [0.4, 0.5) is 23.3 Å². The second kappa shape index (κ2) is 10.9. The van der Waals surface area contributed by atoms with Crippen LogP contribution >= 0.6 is 23.2 Å². The highest BCUT2D eigenvalue weighted by atomic mass is 35.5. The molecule has 6 rings (SSSR count). The topological polar surface area (TPSA) is 95.8 Å². The molecular weight excluding hydrogens is 533 g/mol. The molecular formula is C29H25Cl2N7O. The van der Waals surface area contributed by atoms with E-state index < -0.39 is 0 Å². The molecule has 0 saturated carbocycles. The Bertz CT molecular complexity index is 1530. The zero-order valence-electron chi connectivity index (χ0n) is 21.1. The summed E-state index contributed by atoms with van der Waals surface area (Å²) in [6, 6.07) is 21.2. The minimum absolute atomic E-state index is 0.325. The summed E-state index contributed by atoms with van der Waals surface area (Å²) in [5, 5.41) is 14.1. The van der Waals surface area contributed by atoms with Crippen LogP contribution in [0.1, 0.15) is 35.1 Å². The number of nitrogens with one attached hydrogen (secondary N) is 3. The summed E-state index contributed by atoms with van der Waals surface area (Å²) in [6.45, 7) is 0. The predicted octanol–water partition coefficient (Wildman–Crippen LogP) is 7.06. The van der Waals surface area contributed by atoms with Gasteiger partial charge in [0.05, 0.1) is 24.2 Å². The molecule has 0 spiro atoms. The fourth-order valence-corrected chi connectivity index (χ4v) is 5.25. The summed E-state index contributed by atoms with van der Waals surface area (Å²) < 4.78 is 5.49. The molecule has 1 heterocycles. The highest BCUT2D eigenvalue weighted by molar-refractivity contribution is 6.31. The maximum atomic E-state index is 6.17. The highest BCUT2D eigenvalue weighted by Gasteiger charge is 2.19. The van der Waals surface area contributed by atoms with Crippen LogP contribution in [-0.4, -0.2) is 28.5 Å². The van der Waals surface area contributed by atoms with Gasteiger partial charge < -0.3 is 10.1 Å². The maximum Gasteiger partial charge on any atom is 0.247 e. The Labute approximate surface area is 236 Å². The third-order valence-corrected chi connectivity index (χ3v) is 7.18. The largest absolute Gasteiger partial charge is 0.495 e. The third-order valence-electron chi connectivity index (χ3n) is 6.71. The van der Waals surface area contributed by atoms with Gasteiger partial charge in [-0.1, -0.05) is 47.5 Å². The van der Waals surface area contributed by atoms with E-state index in [-0.39, 0.29) is 0 Å². The molecule has 0 unspecified atom stereocenters. The van der Waals surface area contributed by atoms with Gasteiger partial charge in [0.25, 0.3) is 0 Å². The number of nitrogens with zero attached hydrogens (tertiary/aromatic N) is 4. The molecule has 0 atom stereocenters. The van der Waals surface area contributed by atoms with Gasteiger partial charge in [-0.15, -0.1) is 0 Å². The van der Waals surface area contributed by atoms with Gasteiger partial charge in [-0.25, -0.2) is 5.43 Å². The van der Waals surface area contributed by atoms with E-state index in [1.807, 2.05) is 60.7 Å². The number of halogens is 2. The Balaban J connectivity index is 1.30. The van der Waals surface area contributed by atoms with Crippen molar-refractivity contribution in [2.24, 2.45) is 10.2 Å². The third kappa shape index (κ3) is 5.53. The molecule has 2 aliphatic carbocycles. The number of fused-ring (bicyclic) bond motifs is 2. The zero-order chi connectivity index (χ0) is 26.8. The van der Waals surface area contributed by atoms with Crippen LogP contribution in [0.2, 0.25) is 10.0 Å². The molecule has 2 aliphatic rings. The summed E-state index contributed by atoms with van der Waals surface area (Å²) >= 11 is 12.3. The summed E-state index contributed by atoms with van der Waals surface area (Å²) in [5.74, 6) is 2.09. The van der Waals surface area contributed by atoms with Gasteiger partial charge in [0, 0.05) is 27.2 Å². The molecule has 0 fully saturated rings. The van der Waals surface area contributed by atoms with Crippen molar-refractivity contribution in [2.75, 3.05) is 23.3 Å². The molecule has 1 aromatic heterocycles. The number of aromatic nitrogens is 2. The Morgan fingerprint density at radius 3 is 2.00 bits per heavy atom. The summed E-state index contributed by atoms with van der Waals surface area (Å²) in [7, 11) is 1.63. The molecule has 0 bridgehead atoms. The molecule has 8 nitrogen and oxygen atoms in total. The molecule has 39 heavy (non-hydrogen) atoms. The zero-order valence-corrected chi connectivity index (χ0v) is 22.6. The van der Waals surface area contributed by atoms with E-state index in [0.717, 1.165) is 64.0 Å². The van der Waals surface area contributed by atoms with Gasteiger partial charge in [0.1, 0.15) is 11.6 Å². The lowest BCUT2D eigenvalue weighted by molar-refractivity contribution is 0.417. The standard InChI is InChI=1S/C29H25Cl2N7O/c1-39-26-5-3-2-4-25(26)32-27-16-28(37-35-23-12-6-17-14-19(30)8-10-21(17)23)34-29(33-27)38-36-24-13-7-18-15-20(31)9-11-22(18)24/h2-5,8-11,14-16H,6-7,12-13H2,1H3,(H3,32,33,34,37,38). The summed E-state index contributed by atoms with van der Waals surface area (Å²) in [6.07, 6.45) is 3.42. The normalized spacial score (nSPS) is 15.8. The lowest BCUT2D eigenvalue weighted by Crippen LogP contribution is -2.07. The van der Waals surface area contributed by atoms with Crippen molar-refractivity contribution in [3.63, 3.8) is 0 Å². The SMILES string of the molecule is COc1ccccc1Nc1cc(NN=C2CCc3cc(Cl)ccc32)nc(NN=C2CCc3cc(Cl)ccc32)n1. The van der Waals surface area contributed by atoms with Crippen molar-refractivity contribution in [1.29, 1.82) is 0 Å². The van der Waals surface area contributed by atoms with Crippen LogP contribution in [-0.2, 0) is 12.8 Å². The van der Waals surface area contributed by atoms with Gasteiger partial charge in [-0.05, 0) is 73.2 Å². The number of methoxy groups -OCH3 is 1. The van der Waals surface area contributed by atoms with Crippen molar-refractivity contribution < 1.29 is 4.74 Å². The van der Waals surface area contributed by atoms with E-state index in [2.05, 4.69) is 36.3 Å². The minimum Gasteiger partial charge on any atom is -0.495 e. The van der Waals surface area contributed by atoms with Crippen LogP contribution in [0.5, 0.6) is 5.75 Å². The number of para-hydroxylation sites is 2. The van der Waals surface area contributed by atoms with E-state index in [0.29, 0.717) is 23.3 Å². The van der Waals surface area contributed by atoms with E-state index >= 15 is 0 Å². The number of aryl methyl sites for hydroxylation is 2. The summed E-state index contributed by atoms with van der Waals surface area (Å²) in [5.41, 5.74) is 13.4. The number of ether oxygens (including phenoxy) is 1. The molecule has 10 heteroatoms. The van der Waals surface area contributed by atoms with E-state index in [1.165, 1.54) is 11.1 Å². The molecule has 0 saturated heterocycles. The molecule has 196 valence electrons. The molecule has 3 N–H and O–H groups in total. The smallest absolute Gasteiger partial charge is 0.247 e. The highest BCUT2D eigenvalue weighted by Crippen LogP contribution is 2.29. The Hall–Kier alpha value is -4.14. The van der Waals surface area contributed by atoms with Gasteiger partial charge >= 0.3 is 0 Å². The van der Waals surface area contributed by atoms with Crippen LogP contribution in [0.25, 0.3) is 0 Å². The van der Waals surface area contributed by atoms with E-state index in [1.54, 1.807) is 13.2 Å². The number of hydrogen-bond donors (Lipinski definition) is 3. The Kier molecular flexibility index (Phi) is 7.04. The fourth-order valence-electron chi connectivity index (χ4n) is 4.86. The maximum absolute atomic E-state index is 6.17. The van der Waals surface area contributed by atoms with Gasteiger partial charge in [-0.3, -0.25) is 5.43 Å². The molecule has 0 radical (unpaired) electrons. The molecule has 4 aromatic rings. The van der Waals surface area contributed by atoms with Gasteiger partial charge in [0.15, 0.2) is 5.82 Å². The number of benzene rings is 3. The van der Waals surface area contributed by atoms with Gasteiger partial charge in [0.2, 0.25) is 5.95 Å². The van der Waals surface area contributed by atoms with E-state index in [9.17, 15) is 0 Å². The monoisotopic (exact) mass is 557 g/mol. The van der Waals surface area contributed by atoms with Crippen LogP contribution in [0, 0.1) is 0 Å². The lowest BCUT2D eigenvalue weighted by atomic mass is 10.1. The van der Waals surface area contributed by atoms with E-state index in [4.69, 9.17) is 27.9 Å². The predicted molar refractivity (Wildman–Crippen MR) is 158 cm³/mol. The Morgan fingerprint density at radius 2 is 1.33 bits per heavy atom. The molecule has 0 aliphatic heterocycles. The molecule has 0 amide bonds. The van der Waals surface area contributed by atoms with Gasteiger partial charge in [-0.2, -0.15) is 20.2 Å². The first-order valence-electron chi connectivity index (χ1n) is 12.6. The number of hydrogen-bond acceptors (Lipinski definition) is 8. The number of rotatable bonds is 7. The van der Waals surface area contributed by atoms with Crippen molar-refractivity contribution in [2.45, 2.75) is 25.7 Å². The van der Waals surface area contributed by atoms with Crippen molar-refractivity contribution in [1.82, 2.24) is 9.97 Å². The second-order valence-corrected chi connectivity index (χ2v) is 10.1. The van der Waals surface area contributed by atoms with Crippen molar-refractivity contribution >= 4 is 57.9 Å². The number of hydrazone groups is 2. The quantitative estimate of drug-likeness (QED) is 0.210. The lowest BCUT2D eigenvalue weighted by Gasteiger charge is -2.12. The average molecular weight is 558 g/mol. The van der Waals surface area contributed by atoms with Crippen LogP contribution in [0.15, 0.2) is 76.9 Å². The van der Waals surface area contributed by atoms with Crippen LogP contribution < -0.4 is 20.9 Å². The average Bonchev–Trinajstić information content (AvgIpc) is 3.53. The first-order valence-corrected chi connectivity index (χ1v) is 13.3. The fraction of sp³-hybridized carbons (Fsp3) is 0.172. The van der Waals surface area contributed by atoms with Crippen molar-refractivity contribution in [3.8, 4) is 5.75 Å². The Morgan fingerprint density at radius 1 is 0.718 bits per heavy atom. The minimum atomic E-state index is 0.325. The first-order chi connectivity index (χ1) is 19.1. The molecule has 3 aromatic carbocycles. The van der Waals surface area contributed by atoms with Crippen LogP contribution in [0.3, 0.4) is 0 Å². The second-order valence-electron chi connectivity index (χ2n) is 9.23. The van der Waals surface area contributed by atoms with Crippen molar-refractivity contribution in [3.05, 3.63) is 99.0 Å².